The number of hydrogen-bond donors (Lipinski definition) is 3. The van der Waals surface area contributed by atoms with E-state index in [-0.39, 0.29) is 11.3 Å². The fraction of sp³-hybridized carbons (Fsp3) is 0.200. The number of rotatable bonds is 4. The van der Waals surface area contributed by atoms with Gasteiger partial charge < -0.3 is 15.5 Å². The molecule has 0 aliphatic carbocycles. The van der Waals surface area contributed by atoms with Gasteiger partial charge in [-0.25, -0.2) is 4.79 Å². The van der Waals surface area contributed by atoms with Gasteiger partial charge in [0.15, 0.2) is 0 Å². The average Bonchev–Trinajstić information content (AvgIpc) is 2.16. The second kappa shape index (κ2) is 4.98. The van der Waals surface area contributed by atoms with Crippen molar-refractivity contribution in [1.82, 2.24) is 0 Å². The highest BCUT2D eigenvalue weighted by Gasteiger charge is 2.15. The van der Waals surface area contributed by atoms with Crippen molar-refractivity contribution in [3.8, 4) is 0 Å². The van der Waals surface area contributed by atoms with Crippen molar-refractivity contribution in [2.75, 3.05) is 5.32 Å². The van der Waals surface area contributed by atoms with Gasteiger partial charge in [-0.15, -0.1) is 0 Å². The predicted octanol–water partition coefficient (Wildman–Crippen LogP) is 2.03. The largest absolute Gasteiger partial charge is 0.480 e. The molecule has 1 aromatic carbocycles. The van der Waals surface area contributed by atoms with Crippen LogP contribution < -0.4 is 5.32 Å². The molecular weight excluding hydrogens is 278 g/mol. The second-order valence-electron chi connectivity index (χ2n) is 3.20. The van der Waals surface area contributed by atoms with Crippen LogP contribution in [0.4, 0.5) is 5.69 Å². The van der Waals surface area contributed by atoms with Gasteiger partial charge in [0.05, 0.1) is 11.3 Å². The Kier molecular flexibility index (Phi) is 3.89. The molecule has 1 atom stereocenters. The van der Waals surface area contributed by atoms with Crippen LogP contribution in [0.3, 0.4) is 0 Å². The molecule has 0 aliphatic rings. The molecule has 0 radical (unpaired) electrons. The quantitative estimate of drug-likeness (QED) is 0.789. The lowest BCUT2D eigenvalue weighted by Gasteiger charge is -2.13. The minimum absolute atomic E-state index is 0.0382. The summed E-state index contributed by atoms with van der Waals surface area (Å²) < 4.78 is 0.678. The van der Waals surface area contributed by atoms with E-state index >= 15 is 0 Å². The van der Waals surface area contributed by atoms with Gasteiger partial charge in [0.1, 0.15) is 6.04 Å². The molecule has 1 unspecified atom stereocenters. The maximum atomic E-state index is 10.9. The highest BCUT2D eigenvalue weighted by Crippen LogP contribution is 2.22. The molecule has 0 spiro atoms. The van der Waals surface area contributed by atoms with E-state index in [0.29, 0.717) is 4.47 Å². The molecule has 0 saturated carbocycles. The van der Waals surface area contributed by atoms with E-state index in [4.69, 9.17) is 10.2 Å². The number of halogens is 1. The van der Waals surface area contributed by atoms with Gasteiger partial charge in [-0.3, -0.25) is 4.79 Å². The molecule has 0 saturated heterocycles. The normalized spacial score (nSPS) is 11.9. The first-order valence-corrected chi connectivity index (χ1v) is 5.23. The molecule has 0 bridgehead atoms. The lowest BCUT2D eigenvalue weighted by atomic mass is 10.1. The fourth-order valence-corrected chi connectivity index (χ4v) is 1.48. The van der Waals surface area contributed by atoms with E-state index in [9.17, 15) is 9.59 Å². The topological polar surface area (TPSA) is 86.6 Å². The number of carbonyl (C=O) groups is 2. The van der Waals surface area contributed by atoms with Crippen molar-refractivity contribution in [2.45, 2.75) is 13.0 Å². The molecule has 6 heteroatoms. The summed E-state index contributed by atoms with van der Waals surface area (Å²) in [5.74, 6) is -2.15. The van der Waals surface area contributed by atoms with Crippen molar-refractivity contribution in [3.05, 3.63) is 28.2 Å². The SMILES string of the molecule is CC(Nc1cc(Br)ccc1C(=O)O)C(=O)O. The Morgan fingerprint density at radius 1 is 1.38 bits per heavy atom. The summed E-state index contributed by atoms with van der Waals surface area (Å²) in [5.41, 5.74) is 0.313. The van der Waals surface area contributed by atoms with Crippen LogP contribution in [0.15, 0.2) is 22.7 Å². The molecule has 5 nitrogen and oxygen atoms in total. The molecule has 1 rings (SSSR count). The zero-order valence-electron chi connectivity index (χ0n) is 8.40. The lowest BCUT2D eigenvalue weighted by molar-refractivity contribution is -0.137. The van der Waals surface area contributed by atoms with E-state index in [1.54, 1.807) is 6.07 Å². The Morgan fingerprint density at radius 2 is 2.00 bits per heavy atom. The van der Waals surface area contributed by atoms with Crippen LogP contribution in [0.1, 0.15) is 17.3 Å². The number of benzene rings is 1. The summed E-state index contributed by atoms with van der Waals surface area (Å²) >= 11 is 3.19. The zero-order chi connectivity index (χ0) is 12.3. The van der Waals surface area contributed by atoms with Crippen molar-refractivity contribution in [3.63, 3.8) is 0 Å². The first-order valence-electron chi connectivity index (χ1n) is 4.44. The number of hydrogen-bond acceptors (Lipinski definition) is 3. The Balaban J connectivity index is 3.05. The van der Waals surface area contributed by atoms with E-state index in [1.807, 2.05) is 0 Å². The Hall–Kier alpha value is -1.56. The number of nitrogens with one attached hydrogen (secondary N) is 1. The van der Waals surface area contributed by atoms with Gasteiger partial charge in [-0.1, -0.05) is 15.9 Å². The van der Waals surface area contributed by atoms with Crippen LogP contribution in [0.25, 0.3) is 0 Å². The summed E-state index contributed by atoms with van der Waals surface area (Å²) in [7, 11) is 0. The molecule has 0 aliphatic heterocycles. The smallest absolute Gasteiger partial charge is 0.337 e. The number of aliphatic carboxylic acids is 1. The van der Waals surface area contributed by atoms with Crippen LogP contribution in [0.5, 0.6) is 0 Å². The van der Waals surface area contributed by atoms with Crippen molar-refractivity contribution in [1.29, 1.82) is 0 Å². The van der Waals surface area contributed by atoms with Crippen LogP contribution in [-0.2, 0) is 4.79 Å². The second-order valence-corrected chi connectivity index (χ2v) is 4.11. The summed E-state index contributed by atoms with van der Waals surface area (Å²) in [6, 6.07) is 3.67. The van der Waals surface area contributed by atoms with E-state index < -0.39 is 18.0 Å². The Morgan fingerprint density at radius 3 is 2.50 bits per heavy atom. The third-order valence-corrected chi connectivity index (χ3v) is 2.45. The monoisotopic (exact) mass is 287 g/mol. The molecular formula is C10H10BrNO4. The molecule has 3 N–H and O–H groups in total. The van der Waals surface area contributed by atoms with Crippen LogP contribution in [-0.4, -0.2) is 28.2 Å². The highest BCUT2D eigenvalue weighted by molar-refractivity contribution is 9.10. The number of carboxylic acid groups (broad SMARTS) is 2. The first kappa shape index (κ1) is 12.5. The number of carboxylic acids is 2. The molecule has 16 heavy (non-hydrogen) atoms. The minimum atomic E-state index is -1.10. The number of aromatic carboxylic acids is 1. The molecule has 0 aromatic heterocycles. The number of anilines is 1. The third-order valence-electron chi connectivity index (χ3n) is 1.95. The molecule has 0 heterocycles. The maximum Gasteiger partial charge on any atom is 0.337 e. The Labute approximate surface area is 100 Å². The first-order chi connectivity index (χ1) is 7.41. The lowest BCUT2D eigenvalue weighted by Crippen LogP contribution is -2.26. The van der Waals surface area contributed by atoms with Crippen molar-refractivity contribution < 1.29 is 19.8 Å². The van der Waals surface area contributed by atoms with E-state index in [0.717, 1.165) is 0 Å². The summed E-state index contributed by atoms with van der Waals surface area (Å²) in [6.07, 6.45) is 0. The molecule has 0 amide bonds. The molecule has 86 valence electrons. The summed E-state index contributed by atoms with van der Waals surface area (Å²) in [5, 5.41) is 20.2. The fourth-order valence-electron chi connectivity index (χ4n) is 1.12. The third kappa shape index (κ3) is 2.96. The zero-order valence-corrected chi connectivity index (χ0v) is 9.98. The van der Waals surface area contributed by atoms with Crippen LogP contribution in [0.2, 0.25) is 0 Å². The molecule has 0 fully saturated rings. The minimum Gasteiger partial charge on any atom is -0.480 e. The summed E-state index contributed by atoms with van der Waals surface area (Å²) in [4.78, 5) is 21.5. The van der Waals surface area contributed by atoms with Crippen LogP contribution >= 0.6 is 15.9 Å². The predicted molar refractivity (Wildman–Crippen MR) is 61.8 cm³/mol. The van der Waals surface area contributed by atoms with E-state index in [1.165, 1.54) is 19.1 Å². The van der Waals surface area contributed by atoms with Crippen LogP contribution in [0, 0.1) is 0 Å². The van der Waals surface area contributed by atoms with Gasteiger partial charge >= 0.3 is 11.9 Å². The van der Waals surface area contributed by atoms with Crippen molar-refractivity contribution >= 4 is 33.6 Å². The van der Waals surface area contributed by atoms with Gasteiger partial charge in [-0.2, -0.15) is 0 Å². The molecule has 1 aromatic rings. The standard InChI is InChI=1S/C10H10BrNO4/c1-5(9(13)14)12-8-4-6(11)2-3-7(8)10(15)16/h2-5,12H,1H3,(H,13,14)(H,15,16). The maximum absolute atomic E-state index is 10.9. The van der Waals surface area contributed by atoms with E-state index in [2.05, 4.69) is 21.2 Å². The van der Waals surface area contributed by atoms with Gasteiger partial charge in [0.2, 0.25) is 0 Å². The highest BCUT2D eigenvalue weighted by atomic mass is 79.9. The van der Waals surface area contributed by atoms with Crippen molar-refractivity contribution in [2.24, 2.45) is 0 Å². The summed E-state index contributed by atoms with van der Waals surface area (Å²) in [6.45, 7) is 1.44. The van der Waals surface area contributed by atoms with Gasteiger partial charge in [0.25, 0.3) is 0 Å². The Bertz CT molecular complexity index is 433. The van der Waals surface area contributed by atoms with Gasteiger partial charge in [0, 0.05) is 4.47 Å². The average molecular weight is 288 g/mol. The van der Waals surface area contributed by atoms with Gasteiger partial charge in [-0.05, 0) is 25.1 Å².